The number of azide groups is 1. The van der Waals surface area contributed by atoms with Crippen molar-refractivity contribution in [3.8, 4) is 0 Å². The smallest absolute Gasteiger partial charge is 0.0565 e. The lowest BCUT2D eigenvalue weighted by Crippen LogP contribution is -2.48. The number of nitrogens with two attached hydrogens (primary N) is 1. The Bertz CT molecular complexity index is 301. The van der Waals surface area contributed by atoms with Crippen LogP contribution in [0.5, 0.6) is 0 Å². The number of rotatable bonds is 5. The molecule has 1 heterocycles. The number of likely N-dealkylation sites (tertiary alicyclic amines) is 1. The molecule has 0 aromatic carbocycles. The van der Waals surface area contributed by atoms with Crippen LogP contribution in [0.4, 0.5) is 0 Å². The van der Waals surface area contributed by atoms with Gasteiger partial charge in [-0.15, -0.1) is 0 Å². The molecule has 0 radical (unpaired) electrons. The van der Waals surface area contributed by atoms with E-state index in [1.807, 2.05) is 0 Å². The van der Waals surface area contributed by atoms with Crippen LogP contribution in [0.25, 0.3) is 10.4 Å². The number of nitrogens with zero attached hydrogens (tertiary/aromatic N) is 4. The van der Waals surface area contributed by atoms with E-state index in [2.05, 4.69) is 14.9 Å². The third-order valence-corrected chi connectivity index (χ3v) is 4.67. The summed E-state index contributed by atoms with van der Waals surface area (Å²) in [4.78, 5) is 5.49. The van der Waals surface area contributed by atoms with Crippen molar-refractivity contribution in [2.24, 2.45) is 16.8 Å². The average molecular weight is 265 g/mol. The molecule has 2 atom stereocenters. The van der Waals surface area contributed by atoms with E-state index < -0.39 is 0 Å². The Hall–Kier alpha value is -0.770. The lowest BCUT2D eigenvalue weighted by Gasteiger charge is -2.35. The first kappa shape index (κ1) is 14.6. The first-order chi connectivity index (χ1) is 9.31. The summed E-state index contributed by atoms with van der Waals surface area (Å²) >= 11 is 0. The van der Waals surface area contributed by atoms with E-state index in [9.17, 15) is 0 Å². The second-order valence-electron chi connectivity index (χ2n) is 6.12. The summed E-state index contributed by atoms with van der Waals surface area (Å²) in [6.07, 6.45) is 10.1. The third kappa shape index (κ3) is 4.37. The molecule has 2 N–H and O–H groups in total. The Kier molecular flexibility index (Phi) is 5.95. The highest BCUT2D eigenvalue weighted by atomic mass is 15.2. The average Bonchev–Trinajstić information content (AvgIpc) is 2.46. The van der Waals surface area contributed by atoms with Gasteiger partial charge in [-0.05, 0) is 50.2 Å². The molecule has 2 rings (SSSR count). The Morgan fingerprint density at radius 3 is 2.37 bits per heavy atom. The molecule has 1 aliphatic heterocycles. The molecule has 1 aliphatic carbocycles. The molecule has 2 aliphatic rings. The fraction of sp³-hybridized carbons (Fsp3) is 1.00. The van der Waals surface area contributed by atoms with Crippen LogP contribution < -0.4 is 5.73 Å². The minimum absolute atomic E-state index is 0.00269. The van der Waals surface area contributed by atoms with E-state index in [0.29, 0.717) is 5.92 Å². The van der Waals surface area contributed by atoms with Crippen molar-refractivity contribution in [3.63, 3.8) is 0 Å². The largest absolute Gasteiger partial charge is 0.326 e. The van der Waals surface area contributed by atoms with Crippen LogP contribution in [-0.4, -0.2) is 36.6 Å². The van der Waals surface area contributed by atoms with Crippen molar-refractivity contribution in [1.82, 2.24) is 4.90 Å². The summed E-state index contributed by atoms with van der Waals surface area (Å²) < 4.78 is 0. The quantitative estimate of drug-likeness (QED) is 0.471. The van der Waals surface area contributed by atoms with Gasteiger partial charge in [0.05, 0.1) is 6.04 Å². The number of hydrogen-bond donors (Lipinski definition) is 1. The molecule has 1 saturated carbocycles. The summed E-state index contributed by atoms with van der Waals surface area (Å²) in [5, 5.41) is 4.04. The van der Waals surface area contributed by atoms with Crippen molar-refractivity contribution in [1.29, 1.82) is 0 Å². The van der Waals surface area contributed by atoms with Gasteiger partial charge in [-0.1, -0.05) is 30.8 Å². The van der Waals surface area contributed by atoms with Gasteiger partial charge < -0.3 is 10.6 Å². The number of hydrogen-bond acceptors (Lipinski definition) is 3. The fourth-order valence-corrected chi connectivity index (χ4v) is 3.61. The first-order valence-corrected chi connectivity index (χ1v) is 7.83. The highest BCUT2D eigenvalue weighted by Gasteiger charge is 2.29. The summed E-state index contributed by atoms with van der Waals surface area (Å²) in [5.41, 5.74) is 15.2. The second kappa shape index (κ2) is 7.73. The fourth-order valence-electron chi connectivity index (χ4n) is 3.61. The normalized spacial score (nSPS) is 25.5. The van der Waals surface area contributed by atoms with E-state index in [-0.39, 0.29) is 12.1 Å². The van der Waals surface area contributed by atoms with E-state index in [4.69, 9.17) is 11.3 Å². The summed E-state index contributed by atoms with van der Waals surface area (Å²) in [7, 11) is 0. The molecule has 0 amide bonds. The van der Waals surface area contributed by atoms with E-state index in [1.54, 1.807) is 0 Å². The van der Waals surface area contributed by atoms with E-state index in [0.717, 1.165) is 19.6 Å². The molecule has 1 saturated heterocycles. The van der Waals surface area contributed by atoms with Crippen molar-refractivity contribution in [2.75, 3.05) is 19.6 Å². The zero-order chi connectivity index (χ0) is 13.5. The summed E-state index contributed by atoms with van der Waals surface area (Å²) in [6, 6.07) is -0.00988. The maximum atomic E-state index is 8.81. The molecule has 5 heteroatoms. The standard InChI is InChI=1S/C14H27N5/c15-13(11-19-9-5-2-6-10-19)14(17-18-16)12-7-3-1-4-8-12/h12-14H,1-11,15H2/t13-,14+/m0/s1. The SMILES string of the molecule is [N-]=[N+]=N[C@H](C1CCCCC1)[C@@H](N)CN1CCCCC1. The molecule has 0 bridgehead atoms. The van der Waals surface area contributed by atoms with Crippen molar-refractivity contribution < 1.29 is 0 Å². The number of piperidine rings is 1. The Morgan fingerprint density at radius 2 is 1.74 bits per heavy atom. The molecular formula is C14H27N5. The van der Waals surface area contributed by atoms with Gasteiger partial charge in [0.2, 0.25) is 0 Å². The lowest BCUT2D eigenvalue weighted by molar-refractivity contribution is 0.186. The Labute approximate surface area is 116 Å². The molecule has 108 valence electrons. The van der Waals surface area contributed by atoms with Crippen LogP contribution in [0.15, 0.2) is 5.11 Å². The Balaban J connectivity index is 1.90. The molecule has 0 aromatic rings. The molecule has 0 spiro atoms. The zero-order valence-electron chi connectivity index (χ0n) is 11.9. The molecule has 0 aromatic heterocycles. The van der Waals surface area contributed by atoms with Gasteiger partial charge >= 0.3 is 0 Å². The topological polar surface area (TPSA) is 78.0 Å². The van der Waals surface area contributed by atoms with Crippen LogP contribution in [0.2, 0.25) is 0 Å². The van der Waals surface area contributed by atoms with Gasteiger partial charge in [0.15, 0.2) is 0 Å². The summed E-state index contributed by atoms with van der Waals surface area (Å²) in [5.74, 6) is 0.504. The zero-order valence-corrected chi connectivity index (χ0v) is 11.9. The van der Waals surface area contributed by atoms with Crippen LogP contribution in [0.1, 0.15) is 51.4 Å². The molecule has 0 unspecified atom stereocenters. The van der Waals surface area contributed by atoms with Crippen LogP contribution in [-0.2, 0) is 0 Å². The van der Waals surface area contributed by atoms with Gasteiger partial charge in [0, 0.05) is 17.5 Å². The second-order valence-corrected chi connectivity index (χ2v) is 6.12. The van der Waals surface area contributed by atoms with Crippen molar-refractivity contribution in [2.45, 2.75) is 63.5 Å². The molecule has 5 nitrogen and oxygen atoms in total. The minimum atomic E-state index is -0.00720. The molecule has 2 fully saturated rings. The van der Waals surface area contributed by atoms with Crippen molar-refractivity contribution >= 4 is 0 Å². The van der Waals surface area contributed by atoms with E-state index >= 15 is 0 Å². The highest BCUT2D eigenvalue weighted by molar-refractivity contribution is 4.89. The Morgan fingerprint density at radius 1 is 1.11 bits per heavy atom. The predicted octanol–water partition coefficient (Wildman–Crippen LogP) is 3.06. The monoisotopic (exact) mass is 265 g/mol. The van der Waals surface area contributed by atoms with Crippen LogP contribution in [0.3, 0.4) is 0 Å². The molecular weight excluding hydrogens is 238 g/mol. The van der Waals surface area contributed by atoms with Gasteiger partial charge in [-0.3, -0.25) is 0 Å². The maximum absolute atomic E-state index is 8.81. The van der Waals surface area contributed by atoms with Gasteiger partial charge in [0.1, 0.15) is 0 Å². The van der Waals surface area contributed by atoms with Gasteiger partial charge in [-0.25, -0.2) is 0 Å². The molecule has 19 heavy (non-hydrogen) atoms. The third-order valence-electron chi connectivity index (χ3n) is 4.67. The maximum Gasteiger partial charge on any atom is 0.0565 e. The van der Waals surface area contributed by atoms with E-state index in [1.165, 1.54) is 51.4 Å². The van der Waals surface area contributed by atoms with Crippen LogP contribution in [0, 0.1) is 5.92 Å². The minimum Gasteiger partial charge on any atom is -0.326 e. The van der Waals surface area contributed by atoms with Gasteiger partial charge in [-0.2, -0.15) is 0 Å². The van der Waals surface area contributed by atoms with Gasteiger partial charge in [0.25, 0.3) is 0 Å². The van der Waals surface area contributed by atoms with Crippen molar-refractivity contribution in [3.05, 3.63) is 10.4 Å². The highest BCUT2D eigenvalue weighted by Crippen LogP contribution is 2.29. The summed E-state index contributed by atoms with van der Waals surface area (Å²) in [6.45, 7) is 3.20. The predicted molar refractivity (Wildman–Crippen MR) is 77.8 cm³/mol. The first-order valence-electron chi connectivity index (χ1n) is 7.83. The van der Waals surface area contributed by atoms with Crippen LogP contribution >= 0.6 is 0 Å². The lowest BCUT2D eigenvalue weighted by atomic mass is 9.81.